The molecule has 118 valence electrons. The minimum Gasteiger partial charge on any atom is -0.399 e. The fraction of sp³-hybridized carbons (Fsp3) is 0.222. The smallest absolute Gasteiger partial charge is 0.247 e. The van der Waals surface area contributed by atoms with Crippen molar-refractivity contribution in [1.82, 2.24) is 0 Å². The van der Waals surface area contributed by atoms with Gasteiger partial charge in [-0.25, -0.2) is 4.90 Å². The average Bonchev–Trinajstić information content (AvgIpc) is 2.74. The van der Waals surface area contributed by atoms with Crippen LogP contribution >= 0.6 is 11.8 Å². The molecule has 3 rings (SSSR count). The van der Waals surface area contributed by atoms with Crippen molar-refractivity contribution in [1.29, 1.82) is 0 Å². The van der Waals surface area contributed by atoms with Crippen LogP contribution in [0.2, 0.25) is 0 Å². The number of nitrogens with two attached hydrogens (primary N) is 1. The van der Waals surface area contributed by atoms with Crippen molar-refractivity contribution >= 4 is 35.0 Å². The van der Waals surface area contributed by atoms with Gasteiger partial charge in [-0.05, 0) is 43.7 Å². The standard InChI is InChI=1S/C18H18N2O2S/c1-11-6-7-15(12(2)8-11)20-17(21)10-16(18(20)22)23-14-5-3-4-13(19)9-14/h3-9,16H,10,19H2,1-2H3. The van der Waals surface area contributed by atoms with E-state index in [1.165, 1.54) is 16.7 Å². The molecule has 4 nitrogen and oxygen atoms in total. The number of aryl methyl sites for hydroxylation is 2. The number of hydrogen-bond acceptors (Lipinski definition) is 4. The summed E-state index contributed by atoms with van der Waals surface area (Å²) in [6.45, 7) is 3.91. The predicted octanol–water partition coefficient (Wildman–Crippen LogP) is 3.31. The van der Waals surface area contributed by atoms with Crippen molar-refractivity contribution in [3.05, 3.63) is 53.6 Å². The Morgan fingerprint density at radius 2 is 1.91 bits per heavy atom. The summed E-state index contributed by atoms with van der Waals surface area (Å²) in [5.74, 6) is -0.308. The Bertz CT molecular complexity index is 788. The number of rotatable bonds is 3. The molecule has 5 heteroatoms. The largest absolute Gasteiger partial charge is 0.399 e. The van der Waals surface area contributed by atoms with Gasteiger partial charge in [0.1, 0.15) is 0 Å². The van der Waals surface area contributed by atoms with Crippen LogP contribution < -0.4 is 10.6 Å². The molecule has 2 aromatic carbocycles. The maximum atomic E-state index is 12.7. The Morgan fingerprint density at radius 3 is 2.61 bits per heavy atom. The van der Waals surface area contributed by atoms with E-state index >= 15 is 0 Å². The zero-order chi connectivity index (χ0) is 16.6. The lowest BCUT2D eigenvalue weighted by Gasteiger charge is -2.17. The van der Waals surface area contributed by atoms with Gasteiger partial charge < -0.3 is 5.73 Å². The van der Waals surface area contributed by atoms with Gasteiger partial charge in [0.25, 0.3) is 0 Å². The normalized spacial score (nSPS) is 17.8. The molecular weight excluding hydrogens is 308 g/mol. The number of carbonyl (C=O) groups is 2. The third-order valence-corrected chi connectivity index (χ3v) is 5.01. The quantitative estimate of drug-likeness (QED) is 0.694. The van der Waals surface area contributed by atoms with Crippen LogP contribution in [0, 0.1) is 13.8 Å². The lowest BCUT2D eigenvalue weighted by molar-refractivity contribution is -0.121. The number of anilines is 2. The fourth-order valence-electron chi connectivity index (χ4n) is 2.76. The Labute approximate surface area is 139 Å². The van der Waals surface area contributed by atoms with Gasteiger partial charge in [0, 0.05) is 17.0 Å². The van der Waals surface area contributed by atoms with Crippen LogP contribution in [0.15, 0.2) is 47.4 Å². The number of amides is 2. The van der Waals surface area contributed by atoms with Crippen LogP contribution in [0.1, 0.15) is 17.5 Å². The summed E-state index contributed by atoms with van der Waals surface area (Å²) in [5, 5.41) is -0.398. The molecule has 1 saturated heterocycles. The number of hydrogen-bond donors (Lipinski definition) is 1. The van der Waals surface area contributed by atoms with Crippen molar-refractivity contribution in [2.24, 2.45) is 0 Å². The second-order valence-electron chi connectivity index (χ2n) is 5.74. The van der Waals surface area contributed by atoms with Crippen molar-refractivity contribution in [2.75, 3.05) is 10.6 Å². The summed E-state index contributed by atoms with van der Waals surface area (Å²) in [7, 11) is 0. The topological polar surface area (TPSA) is 63.4 Å². The van der Waals surface area contributed by atoms with E-state index < -0.39 is 5.25 Å². The van der Waals surface area contributed by atoms with E-state index in [0.29, 0.717) is 11.4 Å². The first-order valence-electron chi connectivity index (χ1n) is 7.42. The summed E-state index contributed by atoms with van der Waals surface area (Å²) >= 11 is 1.39. The Kier molecular flexibility index (Phi) is 4.13. The zero-order valence-corrected chi connectivity index (χ0v) is 13.9. The third kappa shape index (κ3) is 3.10. The van der Waals surface area contributed by atoms with E-state index in [-0.39, 0.29) is 18.2 Å². The van der Waals surface area contributed by atoms with E-state index in [4.69, 9.17) is 5.73 Å². The van der Waals surface area contributed by atoms with Gasteiger partial charge >= 0.3 is 0 Å². The van der Waals surface area contributed by atoms with Crippen molar-refractivity contribution in [3.8, 4) is 0 Å². The van der Waals surface area contributed by atoms with E-state index in [1.807, 2.05) is 50.2 Å². The molecule has 0 saturated carbocycles. The molecule has 1 aliphatic heterocycles. The summed E-state index contributed by atoms with van der Waals surface area (Å²) in [6.07, 6.45) is 0.214. The fourth-order valence-corrected chi connectivity index (χ4v) is 3.88. The Morgan fingerprint density at radius 1 is 1.13 bits per heavy atom. The van der Waals surface area contributed by atoms with Gasteiger partial charge in [-0.1, -0.05) is 23.8 Å². The highest BCUT2D eigenvalue weighted by Gasteiger charge is 2.40. The van der Waals surface area contributed by atoms with Gasteiger partial charge in [0.05, 0.1) is 10.9 Å². The molecule has 2 N–H and O–H groups in total. The molecule has 2 amide bonds. The molecule has 1 aliphatic rings. The molecule has 0 radical (unpaired) electrons. The summed E-state index contributed by atoms with van der Waals surface area (Å²) in [4.78, 5) is 27.3. The third-order valence-electron chi connectivity index (χ3n) is 3.83. The minimum atomic E-state index is -0.398. The second-order valence-corrected chi connectivity index (χ2v) is 7.02. The highest BCUT2D eigenvalue weighted by molar-refractivity contribution is 8.00. The number of thioether (sulfide) groups is 1. The monoisotopic (exact) mass is 326 g/mol. The highest BCUT2D eigenvalue weighted by atomic mass is 32.2. The SMILES string of the molecule is Cc1ccc(N2C(=O)CC(Sc3cccc(N)c3)C2=O)c(C)c1. The van der Waals surface area contributed by atoms with Gasteiger partial charge in [-0.2, -0.15) is 0 Å². The highest BCUT2D eigenvalue weighted by Crippen LogP contribution is 2.35. The molecule has 0 spiro atoms. The number of nitrogens with zero attached hydrogens (tertiary/aromatic N) is 1. The second kappa shape index (κ2) is 6.08. The molecule has 1 fully saturated rings. The number of imide groups is 1. The lowest BCUT2D eigenvalue weighted by atomic mass is 10.1. The van der Waals surface area contributed by atoms with Gasteiger partial charge in [-0.15, -0.1) is 11.8 Å². The number of carbonyl (C=O) groups excluding carboxylic acids is 2. The van der Waals surface area contributed by atoms with Crippen LogP contribution in [0.4, 0.5) is 11.4 Å². The van der Waals surface area contributed by atoms with Crippen LogP contribution in [0.25, 0.3) is 0 Å². The average molecular weight is 326 g/mol. The van der Waals surface area contributed by atoms with Crippen molar-refractivity contribution in [3.63, 3.8) is 0 Å². The first kappa shape index (κ1) is 15.6. The van der Waals surface area contributed by atoms with E-state index in [0.717, 1.165) is 16.0 Å². The molecule has 1 atom stereocenters. The molecule has 2 aromatic rings. The summed E-state index contributed by atoms with van der Waals surface area (Å²) < 4.78 is 0. The van der Waals surface area contributed by atoms with E-state index in [2.05, 4.69) is 0 Å². The van der Waals surface area contributed by atoms with Crippen LogP contribution in [0.3, 0.4) is 0 Å². The maximum absolute atomic E-state index is 12.7. The molecule has 1 heterocycles. The first-order chi connectivity index (χ1) is 11.0. The number of benzene rings is 2. The molecule has 0 aromatic heterocycles. The van der Waals surface area contributed by atoms with Crippen LogP contribution in [-0.2, 0) is 9.59 Å². The van der Waals surface area contributed by atoms with Gasteiger partial charge in [0.2, 0.25) is 11.8 Å². The first-order valence-corrected chi connectivity index (χ1v) is 8.30. The summed E-state index contributed by atoms with van der Waals surface area (Å²) in [6, 6.07) is 13.1. The van der Waals surface area contributed by atoms with Gasteiger partial charge in [0.15, 0.2) is 0 Å². The lowest BCUT2D eigenvalue weighted by Crippen LogP contribution is -2.31. The van der Waals surface area contributed by atoms with E-state index in [9.17, 15) is 9.59 Å². The van der Waals surface area contributed by atoms with Crippen molar-refractivity contribution < 1.29 is 9.59 Å². The zero-order valence-electron chi connectivity index (χ0n) is 13.1. The molecular formula is C18H18N2O2S. The molecule has 23 heavy (non-hydrogen) atoms. The van der Waals surface area contributed by atoms with Crippen LogP contribution in [0.5, 0.6) is 0 Å². The van der Waals surface area contributed by atoms with Crippen molar-refractivity contribution in [2.45, 2.75) is 30.4 Å². The minimum absolute atomic E-state index is 0.150. The predicted molar refractivity (Wildman–Crippen MR) is 93.5 cm³/mol. The summed E-state index contributed by atoms with van der Waals surface area (Å²) in [5.41, 5.74) is 9.14. The van der Waals surface area contributed by atoms with Gasteiger partial charge in [-0.3, -0.25) is 9.59 Å². The Hall–Kier alpha value is -2.27. The maximum Gasteiger partial charge on any atom is 0.247 e. The van der Waals surface area contributed by atoms with Crippen LogP contribution in [-0.4, -0.2) is 17.1 Å². The molecule has 1 unspecified atom stereocenters. The molecule has 0 bridgehead atoms. The molecule has 0 aliphatic carbocycles. The number of nitrogen functional groups attached to an aromatic ring is 1. The van der Waals surface area contributed by atoms with E-state index in [1.54, 1.807) is 6.07 Å². The Balaban J connectivity index is 1.85.